The number of hydrogen-bond acceptors (Lipinski definition) is 9. The van der Waals surface area contributed by atoms with Crippen LogP contribution in [0.4, 0.5) is 0 Å². The van der Waals surface area contributed by atoms with Crippen LogP contribution in [0.15, 0.2) is 0 Å². The van der Waals surface area contributed by atoms with Gasteiger partial charge in [0.2, 0.25) is 5.91 Å². The fourth-order valence-electron chi connectivity index (χ4n) is 2.33. The van der Waals surface area contributed by atoms with Gasteiger partial charge >= 0.3 is 11.9 Å². The highest BCUT2D eigenvalue weighted by molar-refractivity contribution is 5.76. The van der Waals surface area contributed by atoms with Crippen molar-refractivity contribution in [3.63, 3.8) is 0 Å². The minimum atomic E-state index is -2.82. The van der Waals surface area contributed by atoms with Crippen LogP contribution >= 0.6 is 0 Å². The molecule has 11 heteroatoms. The summed E-state index contributed by atoms with van der Waals surface area (Å²) in [5.74, 6) is -5.97. The Morgan fingerprint density at radius 2 is 1.92 bits per heavy atom. The molecule has 0 aliphatic carbocycles. The molecule has 0 aromatic heterocycles. The molecule has 1 amide bonds. The number of carboxylic acids is 1. The Morgan fingerprint density at radius 3 is 2.38 bits per heavy atom. The van der Waals surface area contributed by atoms with Crippen LogP contribution < -0.4 is 5.32 Å². The van der Waals surface area contributed by atoms with Gasteiger partial charge < -0.3 is 40.3 Å². The third-order valence-corrected chi connectivity index (χ3v) is 3.48. The summed E-state index contributed by atoms with van der Waals surface area (Å²) in [6.07, 6.45) is -7.61. The first kappa shape index (κ1) is 20.3. The predicted molar refractivity (Wildman–Crippen MR) is 74.3 cm³/mol. The number of carbonyl (C=O) groups excluding carboxylic acids is 2. The molecule has 0 radical (unpaired) electrons. The molecule has 6 atom stereocenters. The molecular formula is C13H21NO10. The van der Waals surface area contributed by atoms with E-state index in [2.05, 4.69) is 10.1 Å². The molecule has 1 rings (SSSR count). The molecule has 1 aliphatic heterocycles. The number of aliphatic hydroxyl groups excluding tert-OH is 3. The number of nitrogens with one attached hydrogen (secondary N) is 1. The number of amides is 1. The van der Waals surface area contributed by atoms with Crippen molar-refractivity contribution in [2.24, 2.45) is 0 Å². The van der Waals surface area contributed by atoms with Gasteiger partial charge in [-0.1, -0.05) is 0 Å². The Kier molecular flexibility index (Phi) is 6.63. The summed E-state index contributed by atoms with van der Waals surface area (Å²) in [5, 5.41) is 51.2. The first-order valence-corrected chi connectivity index (χ1v) is 7.06. The SMILES string of the molecule is CC(=O)N[C@@H]1C(O)C[C@@](O)(C(=O)O)OC1[C@@H](O)C(O)COC(C)=O. The second-order valence-corrected chi connectivity index (χ2v) is 5.53. The van der Waals surface area contributed by atoms with E-state index >= 15 is 0 Å². The van der Waals surface area contributed by atoms with E-state index in [9.17, 15) is 34.8 Å². The van der Waals surface area contributed by atoms with Gasteiger partial charge in [-0.3, -0.25) is 9.59 Å². The Labute approximate surface area is 136 Å². The fourth-order valence-corrected chi connectivity index (χ4v) is 2.33. The third-order valence-electron chi connectivity index (χ3n) is 3.48. The Morgan fingerprint density at radius 1 is 1.33 bits per heavy atom. The Hall–Kier alpha value is -1.79. The van der Waals surface area contributed by atoms with Crippen molar-refractivity contribution >= 4 is 17.8 Å². The molecule has 6 N–H and O–H groups in total. The lowest BCUT2D eigenvalue weighted by atomic mass is 9.88. The van der Waals surface area contributed by atoms with E-state index in [1.165, 1.54) is 0 Å². The Bertz CT molecular complexity index is 497. The molecule has 1 fully saturated rings. The van der Waals surface area contributed by atoms with Gasteiger partial charge in [-0.15, -0.1) is 0 Å². The zero-order chi connectivity index (χ0) is 18.7. The van der Waals surface area contributed by atoms with Crippen LogP contribution in [0.1, 0.15) is 20.3 Å². The summed E-state index contributed by atoms with van der Waals surface area (Å²) >= 11 is 0. The van der Waals surface area contributed by atoms with E-state index in [0.29, 0.717) is 0 Å². The topological polar surface area (TPSA) is 183 Å². The summed E-state index contributed by atoms with van der Waals surface area (Å²) < 4.78 is 9.46. The van der Waals surface area contributed by atoms with Crippen molar-refractivity contribution in [3.05, 3.63) is 0 Å². The molecular weight excluding hydrogens is 330 g/mol. The van der Waals surface area contributed by atoms with Crippen LogP contribution in [0, 0.1) is 0 Å². The summed E-state index contributed by atoms with van der Waals surface area (Å²) in [5.41, 5.74) is 0. The number of carboxylic acid groups (broad SMARTS) is 1. The molecule has 138 valence electrons. The van der Waals surface area contributed by atoms with E-state index in [4.69, 9.17) is 9.84 Å². The number of hydrogen-bond donors (Lipinski definition) is 6. The summed E-state index contributed by atoms with van der Waals surface area (Å²) in [6, 6.07) is -1.30. The molecule has 24 heavy (non-hydrogen) atoms. The van der Waals surface area contributed by atoms with Gasteiger partial charge in [-0.25, -0.2) is 4.79 Å². The van der Waals surface area contributed by atoms with Crippen molar-refractivity contribution < 1.29 is 49.4 Å². The van der Waals surface area contributed by atoms with Crippen molar-refractivity contribution in [2.45, 2.75) is 56.5 Å². The third kappa shape index (κ3) is 4.85. The van der Waals surface area contributed by atoms with Crippen molar-refractivity contribution in [1.29, 1.82) is 0 Å². The van der Waals surface area contributed by atoms with Crippen molar-refractivity contribution in [2.75, 3.05) is 6.61 Å². The molecule has 11 nitrogen and oxygen atoms in total. The number of rotatable bonds is 6. The first-order valence-electron chi connectivity index (χ1n) is 7.06. The highest BCUT2D eigenvalue weighted by Crippen LogP contribution is 2.30. The Balaban J connectivity index is 3.01. The van der Waals surface area contributed by atoms with Gasteiger partial charge in [0.1, 0.15) is 24.9 Å². The second-order valence-electron chi connectivity index (χ2n) is 5.53. The molecule has 3 unspecified atom stereocenters. The number of ether oxygens (including phenoxy) is 2. The van der Waals surface area contributed by atoms with Gasteiger partial charge in [0.15, 0.2) is 0 Å². The van der Waals surface area contributed by atoms with E-state index < -0.39 is 67.1 Å². The minimum absolute atomic E-state index is 0.616. The summed E-state index contributed by atoms with van der Waals surface area (Å²) in [6.45, 7) is 1.55. The molecule has 0 aromatic rings. The number of carbonyl (C=O) groups is 3. The van der Waals surface area contributed by atoms with E-state index in [-0.39, 0.29) is 0 Å². The normalized spacial score (nSPS) is 32.5. The number of aliphatic hydroxyl groups is 4. The lowest BCUT2D eigenvalue weighted by molar-refractivity contribution is -0.295. The van der Waals surface area contributed by atoms with Crippen molar-refractivity contribution in [3.8, 4) is 0 Å². The largest absolute Gasteiger partial charge is 0.477 e. The second kappa shape index (κ2) is 7.85. The van der Waals surface area contributed by atoms with Crippen LogP contribution in [0.5, 0.6) is 0 Å². The molecule has 1 saturated heterocycles. The number of aliphatic carboxylic acids is 1. The summed E-state index contributed by atoms with van der Waals surface area (Å²) in [7, 11) is 0. The zero-order valence-corrected chi connectivity index (χ0v) is 13.1. The van der Waals surface area contributed by atoms with Gasteiger partial charge in [0.05, 0.1) is 12.1 Å². The van der Waals surface area contributed by atoms with Crippen LogP contribution in [0.3, 0.4) is 0 Å². The quantitative estimate of drug-likeness (QED) is 0.265. The minimum Gasteiger partial charge on any atom is -0.477 e. The maximum absolute atomic E-state index is 11.2. The lowest BCUT2D eigenvalue weighted by Gasteiger charge is -2.44. The van der Waals surface area contributed by atoms with Gasteiger partial charge in [-0.05, 0) is 0 Å². The molecule has 1 aliphatic rings. The molecule has 0 saturated carbocycles. The average molecular weight is 351 g/mol. The molecule has 0 spiro atoms. The summed E-state index contributed by atoms with van der Waals surface area (Å²) in [4.78, 5) is 33.1. The van der Waals surface area contributed by atoms with E-state index in [1.54, 1.807) is 0 Å². The van der Waals surface area contributed by atoms with Gasteiger partial charge in [0.25, 0.3) is 5.79 Å². The monoisotopic (exact) mass is 351 g/mol. The first-order chi connectivity index (χ1) is 11.0. The van der Waals surface area contributed by atoms with Gasteiger partial charge in [0, 0.05) is 20.3 Å². The average Bonchev–Trinajstić information content (AvgIpc) is 2.46. The molecule has 0 aromatic carbocycles. The highest BCUT2D eigenvalue weighted by Gasteiger charge is 2.53. The molecule has 1 heterocycles. The van der Waals surface area contributed by atoms with Crippen LogP contribution in [0.2, 0.25) is 0 Å². The lowest BCUT2D eigenvalue weighted by Crippen LogP contribution is -2.67. The smallest absolute Gasteiger partial charge is 0.364 e. The number of esters is 1. The van der Waals surface area contributed by atoms with Crippen LogP contribution in [-0.2, 0) is 23.9 Å². The van der Waals surface area contributed by atoms with E-state index in [1.807, 2.05) is 0 Å². The van der Waals surface area contributed by atoms with E-state index in [0.717, 1.165) is 13.8 Å². The zero-order valence-electron chi connectivity index (χ0n) is 13.1. The molecule has 0 bridgehead atoms. The highest BCUT2D eigenvalue weighted by atomic mass is 16.7. The van der Waals surface area contributed by atoms with Crippen LogP contribution in [-0.4, -0.2) is 86.2 Å². The fraction of sp³-hybridized carbons (Fsp3) is 0.769. The maximum Gasteiger partial charge on any atom is 0.364 e. The van der Waals surface area contributed by atoms with Gasteiger partial charge in [-0.2, -0.15) is 0 Å². The standard InChI is InChI=1S/C13H21NO10/c1-5(15)14-9-7(17)3-13(22,12(20)21)24-11(9)10(19)8(18)4-23-6(2)16/h7-11,17-19,22H,3-4H2,1-2H3,(H,14,15)(H,20,21)/t7?,8?,9-,10+,11?,13+/m1/s1. The predicted octanol–water partition coefficient (Wildman–Crippen LogP) is -3.30. The van der Waals surface area contributed by atoms with Crippen LogP contribution in [0.25, 0.3) is 0 Å². The maximum atomic E-state index is 11.2. The van der Waals surface area contributed by atoms with Crippen molar-refractivity contribution in [1.82, 2.24) is 5.32 Å².